The Labute approximate surface area is 168 Å². The van der Waals surface area contributed by atoms with Crippen molar-refractivity contribution in [2.75, 3.05) is 6.54 Å². The zero-order valence-electron chi connectivity index (χ0n) is 17.3. The lowest BCUT2D eigenvalue weighted by Gasteiger charge is -2.56. The van der Waals surface area contributed by atoms with Gasteiger partial charge in [0.2, 0.25) is 11.8 Å². The number of amides is 2. The Hall–Kier alpha value is -1.84. The zero-order valence-corrected chi connectivity index (χ0v) is 17.3. The molecule has 4 heteroatoms. The van der Waals surface area contributed by atoms with E-state index < -0.39 is 0 Å². The summed E-state index contributed by atoms with van der Waals surface area (Å²) in [4.78, 5) is 25.0. The second kappa shape index (κ2) is 7.88. The van der Waals surface area contributed by atoms with Crippen molar-refractivity contribution in [1.82, 2.24) is 10.6 Å². The Morgan fingerprint density at radius 2 is 1.57 bits per heavy atom. The molecule has 4 fully saturated rings. The summed E-state index contributed by atoms with van der Waals surface area (Å²) in [6, 6.07) is 8.26. The van der Waals surface area contributed by atoms with Crippen LogP contribution in [0.2, 0.25) is 0 Å². The Morgan fingerprint density at radius 3 is 2.11 bits per heavy atom. The predicted molar refractivity (Wildman–Crippen MR) is 111 cm³/mol. The molecule has 5 rings (SSSR count). The van der Waals surface area contributed by atoms with Crippen LogP contribution in [0, 0.1) is 30.1 Å². The van der Waals surface area contributed by atoms with Gasteiger partial charge in [-0.2, -0.15) is 0 Å². The monoisotopic (exact) mass is 382 g/mol. The Bertz CT molecular complexity index is 689. The largest absolute Gasteiger partial charge is 0.348 e. The minimum absolute atomic E-state index is 0.00634. The molecule has 4 aliphatic rings. The van der Waals surface area contributed by atoms with Gasteiger partial charge in [-0.25, -0.2) is 0 Å². The van der Waals surface area contributed by atoms with Crippen molar-refractivity contribution in [2.24, 2.45) is 23.2 Å². The molecule has 2 N–H and O–H groups in total. The molecule has 1 aromatic rings. The standard InChI is InChI=1S/C24H34N2O2/c1-3-21(20-6-4-16(2)5-7-20)26-23(28)15-25-22(27)14-24-11-17-8-18(12-24)10-19(9-17)13-24/h4-7,17-19,21H,3,8-15H2,1-2H3,(H,25,27)(H,26,28)/t17?,18?,19?,21-,24?/m0/s1. The highest BCUT2D eigenvalue weighted by Gasteiger charge is 2.51. The van der Waals surface area contributed by atoms with E-state index in [2.05, 4.69) is 48.7 Å². The van der Waals surface area contributed by atoms with Crippen LogP contribution >= 0.6 is 0 Å². The van der Waals surface area contributed by atoms with E-state index in [0.29, 0.717) is 6.42 Å². The molecule has 0 aliphatic heterocycles. The van der Waals surface area contributed by atoms with Gasteiger partial charge < -0.3 is 10.6 Å². The third-order valence-corrected chi connectivity index (χ3v) is 7.37. The molecule has 4 bridgehead atoms. The van der Waals surface area contributed by atoms with E-state index in [0.717, 1.165) is 29.7 Å². The SMILES string of the molecule is CC[C@H](NC(=O)CNC(=O)CC12CC3CC(CC(C3)C1)C2)c1ccc(C)cc1. The maximum absolute atomic E-state index is 12.6. The average molecular weight is 383 g/mol. The van der Waals surface area contributed by atoms with Gasteiger partial charge >= 0.3 is 0 Å². The summed E-state index contributed by atoms with van der Waals surface area (Å²) >= 11 is 0. The first kappa shape index (κ1) is 19.5. The fraction of sp³-hybridized carbons (Fsp3) is 0.667. The number of hydrogen-bond donors (Lipinski definition) is 2. The third-order valence-electron chi connectivity index (χ3n) is 7.37. The van der Waals surface area contributed by atoms with Crippen LogP contribution in [-0.2, 0) is 9.59 Å². The molecule has 0 aromatic heterocycles. The number of rotatable bonds is 7. The van der Waals surface area contributed by atoms with Crippen LogP contribution in [0.1, 0.15) is 75.5 Å². The Kier molecular flexibility index (Phi) is 5.48. The summed E-state index contributed by atoms with van der Waals surface area (Å²) in [6.07, 6.45) is 9.29. The summed E-state index contributed by atoms with van der Waals surface area (Å²) in [6.45, 7) is 4.20. The molecule has 0 saturated heterocycles. The highest BCUT2D eigenvalue weighted by molar-refractivity contribution is 5.85. The smallest absolute Gasteiger partial charge is 0.239 e. The van der Waals surface area contributed by atoms with Crippen LogP contribution in [0.4, 0.5) is 0 Å². The average Bonchev–Trinajstić information content (AvgIpc) is 2.64. The van der Waals surface area contributed by atoms with Gasteiger partial charge in [-0.3, -0.25) is 9.59 Å². The lowest BCUT2D eigenvalue weighted by atomic mass is 9.49. The topological polar surface area (TPSA) is 58.2 Å². The first-order valence-electron chi connectivity index (χ1n) is 11.1. The second-order valence-electron chi connectivity index (χ2n) is 9.81. The summed E-state index contributed by atoms with van der Waals surface area (Å²) < 4.78 is 0. The summed E-state index contributed by atoms with van der Waals surface area (Å²) in [7, 11) is 0. The summed E-state index contributed by atoms with van der Waals surface area (Å²) in [5, 5.41) is 5.96. The van der Waals surface area contributed by atoms with Crippen molar-refractivity contribution < 1.29 is 9.59 Å². The normalized spacial score (nSPS) is 31.4. The highest BCUT2D eigenvalue weighted by Crippen LogP contribution is 2.61. The molecule has 1 aromatic carbocycles. The molecule has 0 radical (unpaired) electrons. The molecule has 0 unspecified atom stereocenters. The quantitative estimate of drug-likeness (QED) is 0.739. The molecule has 4 nitrogen and oxygen atoms in total. The van der Waals surface area contributed by atoms with E-state index in [1.165, 1.54) is 44.1 Å². The van der Waals surface area contributed by atoms with Crippen LogP contribution < -0.4 is 10.6 Å². The number of benzene rings is 1. The maximum Gasteiger partial charge on any atom is 0.239 e. The Morgan fingerprint density at radius 1 is 1.00 bits per heavy atom. The van der Waals surface area contributed by atoms with E-state index >= 15 is 0 Å². The first-order chi connectivity index (χ1) is 13.4. The van der Waals surface area contributed by atoms with Crippen molar-refractivity contribution in [3.8, 4) is 0 Å². The minimum atomic E-state index is -0.105. The fourth-order valence-corrected chi connectivity index (χ4v) is 6.55. The maximum atomic E-state index is 12.6. The number of aryl methyl sites for hydroxylation is 1. The second-order valence-corrected chi connectivity index (χ2v) is 9.81. The minimum Gasteiger partial charge on any atom is -0.348 e. The molecule has 1 atom stereocenters. The van der Waals surface area contributed by atoms with E-state index in [1.807, 2.05) is 0 Å². The summed E-state index contributed by atoms with van der Waals surface area (Å²) in [5.41, 5.74) is 2.55. The molecule has 4 aliphatic carbocycles. The van der Waals surface area contributed by atoms with Crippen LogP contribution in [0.5, 0.6) is 0 Å². The number of carbonyl (C=O) groups is 2. The molecule has 2 amide bonds. The molecular weight excluding hydrogens is 348 g/mol. The van der Waals surface area contributed by atoms with Crippen molar-refractivity contribution >= 4 is 11.8 Å². The fourth-order valence-electron chi connectivity index (χ4n) is 6.55. The van der Waals surface area contributed by atoms with Crippen LogP contribution in [0.25, 0.3) is 0 Å². The van der Waals surface area contributed by atoms with Gasteiger partial charge in [0.25, 0.3) is 0 Å². The summed E-state index contributed by atoms with van der Waals surface area (Å²) in [5.74, 6) is 2.50. The zero-order chi connectivity index (χ0) is 19.7. The molecule has 0 heterocycles. The lowest BCUT2D eigenvalue weighted by molar-refractivity contribution is -0.132. The van der Waals surface area contributed by atoms with Crippen molar-refractivity contribution in [3.63, 3.8) is 0 Å². The number of nitrogens with one attached hydrogen (secondary N) is 2. The van der Waals surface area contributed by atoms with Gasteiger partial charge in [0.15, 0.2) is 0 Å². The van der Waals surface area contributed by atoms with Crippen molar-refractivity contribution in [1.29, 1.82) is 0 Å². The van der Waals surface area contributed by atoms with E-state index in [4.69, 9.17) is 0 Å². The van der Waals surface area contributed by atoms with Gasteiger partial charge in [0.05, 0.1) is 12.6 Å². The van der Waals surface area contributed by atoms with E-state index in [-0.39, 0.29) is 29.8 Å². The van der Waals surface area contributed by atoms with E-state index in [1.54, 1.807) is 0 Å². The lowest BCUT2D eigenvalue weighted by Crippen LogP contribution is -2.48. The van der Waals surface area contributed by atoms with Gasteiger partial charge in [-0.15, -0.1) is 0 Å². The molecular formula is C24H34N2O2. The molecule has 28 heavy (non-hydrogen) atoms. The molecule has 152 valence electrons. The number of carbonyl (C=O) groups excluding carboxylic acids is 2. The third kappa shape index (κ3) is 4.26. The van der Waals surface area contributed by atoms with Gasteiger partial charge in [0.1, 0.15) is 0 Å². The predicted octanol–water partition coefficient (Wildman–Crippen LogP) is 4.29. The van der Waals surface area contributed by atoms with E-state index in [9.17, 15) is 9.59 Å². The highest BCUT2D eigenvalue weighted by atomic mass is 16.2. The van der Waals surface area contributed by atoms with Crippen LogP contribution in [0.3, 0.4) is 0 Å². The van der Waals surface area contributed by atoms with Gasteiger partial charge in [0, 0.05) is 6.42 Å². The van der Waals surface area contributed by atoms with Crippen molar-refractivity contribution in [3.05, 3.63) is 35.4 Å². The molecule has 0 spiro atoms. The van der Waals surface area contributed by atoms with Crippen LogP contribution in [-0.4, -0.2) is 18.4 Å². The van der Waals surface area contributed by atoms with Crippen LogP contribution in [0.15, 0.2) is 24.3 Å². The Balaban J connectivity index is 1.26. The first-order valence-corrected chi connectivity index (χ1v) is 11.1. The molecule has 4 saturated carbocycles. The van der Waals surface area contributed by atoms with Gasteiger partial charge in [-0.05, 0) is 80.6 Å². The van der Waals surface area contributed by atoms with Gasteiger partial charge in [-0.1, -0.05) is 36.8 Å². The van der Waals surface area contributed by atoms with Crippen molar-refractivity contribution in [2.45, 2.75) is 71.3 Å². The number of hydrogen-bond acceptors (Lipinski definition) is 2.